The van der Waals surface area contributed by atoms with Gasteiger partial charge in [-0.1, -0.05) is 18.2 Å². The van der Waals surface area contributed by atoms with Crippen molar-refractivity contribution in [2.45, 2.75) is 19.8 Å². The number of methoxy groups -OCH3 is 1. The molecule has 0 spiro atoms. The summed E-state index contributed by atoms with van der Waals surface area (Å²) in [5.74, 6) is -0.475. The van der Waals surface area contributed by atoms with Crippen LogP contribution in [0.2, 0.25) is 0 Å². The Morgan fingerprint density at radius 2 is 1.95 bits per heavy atom. The Bertz CT molecular complexity index is 459. The summed E-state index contributed by atoms with van der Waals surface area (Å²) >= 11 is 0. The number of benzene rings is 1. The number of nitrogens with zero attached hydrogens (tertiary/aromatic N) is 1. The van der Waals surface area contributed by atoms with Gasteiger partial charge in [-0.25, -0.2) is 0 Å². The Balaban J connectivity index is 2.78. The first kappa shape index (κ1) is 16.2. The van der Waals surface area contributed by atoms with Crippen LogP contribution in [0.5, 0.6) is 0 Å². The molecule has 0 radical (unpaired) electrons. The van der Waals surface area contributed by atoms with Crippen molar-refractivity contribution in [2.75, 3.05) is 26.8 Å². The fourth-order valence-electron chi connectivity index (χ4n) is 1.89. The van der Waals surface area contributed by atoms with Gasteiger partial charge in [-0.3, -0.25) is 9.59 Å². The second-order valence-electron chi connectivity index (χ2n) is 4.51. The molecule has 0 atom stereocenters. The van der Waals surface area contributed by atoms with E-state index in [2.05, 4.69) is 4.74 Å². The zero-order valence-corrected chi connectivity index (χ0v) is 12.0. The van der Waals surface area contributed by atoms with Gasteiger partial charge in [0.1, 0.15) is 0 Å². The maximum absolute atomic E-state index is 12.5. The van der Waals surface area contributed by atoms with Crippen molar-refractivity contribution in [1.29, 1.82) is 0 Å². The van der Waals surface area contributed by atoms with Crippen molar-refractivity contribution in [3.63, 3.8) is 0 Å². The molecule has 1 rings (SSSR count). The van der Waals surface area contributed by atoms with E-state index < -0.39 is 0 Å². The molecule has 0 aliphatic rings. The molecule has 1 aromatic rings. The maximum Gasteiger partial charge on any atom is 0.307 e. The number of esters is 1. The average molecular weight is 279 g/mol. The van der Waals surface area contributed by atoms with Crippen LogP contribution in [0.3, 0.4) is 0 Å². The number of aryl methyl sites for hydroxylation is 1. The summed E-state index contributed by atoms with van der Waals surface area (Å²) in [7, 11) is 1.32. The normalized spacial score (nSPS) is 10.2. The fraction of sp³-hybridized carbons (Fsp3) is 0.467. The van der Waals surface area contributed by atoms with E-state index in [0.717, 1.165) is 5.56 Å². The van der Waals surface area contributed by atoms with Crippen molar-refractivity contribution in [3.05, 3.63) is 35.4 Å². The molecule has 1 amide bonds. The molecule has 20 heavy (non-hydrogen) atoms. The molecule has 0 heterocycles. The predicted molar refractivity (Wildman–Crippen MR) is 75.4 cm³/mol. The van der Waals surface area contributed by atoms with Gasteiger partial charge in [0.25, 0.3) is 5.91 Å². The largest absolute Gasteiger partial charge is 0.469 e. The lowest BCUT2D eigenvalue weighted by Gasteiger charge is -2.22. The molecule has 5 heteroatoms. The van der Waals surface area contributed by atoms with Crippen LogP contribution in [0.15, 0.2) is 24.3 Å². The quantitative estimate of drug-likeness (QED) is 0.766. The van der Waals surface area contributed by atoms with E-state index in [4.69, 9.17) is 5.11 Å². The Morgan fingerprint density at radius 1 is 1.25 bits per heavy atom. The number of aliphatic hydroxyl groups excluding tert-OH is 1. The van der Waals surface area contributed by atoms with E-state index in [0.29, 0.717) is 25.1 Å². The van der Waals surface area contributed by atoms with Crippen LogP contribution < -0.4 is 0 Å². The highest BCUT2D eigenvalue weighted by atomic mass is 16.5. The molecule has 0 fully saturated rings. The van der Waals surface area contributed by atoms with Crippen LogP contribution in [0, 0.1) is 6.92 Å². The zero-order valence-electron chi connectivity index (χ0n) is 12.0. The summed E-state index contributed by atoms with van der Waals surface area (Å²) in [6.07, 6.45) is 0.637. The molecule has 0 aliphatic carbocycles. The molecule has 0 saturated heterocycles. The van der Waals surface area contributed by atoms with Crippen LogP contribution in [0.4, 0.5) is 0 Å². The summed E-state index contributed by atoms with van der Waals surface area (Å²) in [4.78, 5) is 25.2. The molecule has 0 aromatic heterocycles. The van der Waals surface area contributed by atoms with Crippen molar-refractivity contribution in [3.8, 4) is 0 Å². The second-order valence-corrected chi connectivity index (χ2v) is 4.51. The van der Waals surface area contributed by atoms with Crippen molar-refractivity contribution in [1.82, 2.24) is 4.90 Å². The van der Waals surface area contributed by atoms with Gasteiger partial charge in [0.2, 0.25) is 0 Å². The summed E-state index contributed by atoms with van der Waals surface area (Å²) in [5.41, 5.74) is 1.51. The summed E-state index contributed by atoms with van der Waals surface area (Å²) in [6, 6.07) is 7.32. The number of ether oxygens (including phenoxy) is 1. The van der Waals surface area contributed by atoms with E-state index in [-0.39, 0.29) is 24.9 Å². The second kappa shape index (κ2) is 8.32. The van der Waals surface area contributed by atoms with Crippen LogP contribution in [-0.2, 0) is 9.53 Å². The standard InChI is InChI=1S/C15H21NO4/c1-12-6-3-4-7-13(12)15(19)16(9-5-11-17)10-8-14(18)20-2/h3-4,6-7,17H,5,8-11H2,1-2H3. The smallest absolute Gasteiger partial charge is 0.307 e. The number of aliphatic hydroxyl groups is 1. The highest BCUT2D eigenvalue weighted by molar-refractivity contribution is 5.95. The molecular weight excluding hydrogens is 258 g/mol. The minimum atomic E-state index is -0.350. The SMILES string of the molecule is COC(=O)CCN(CCCO)C(=O)c1ccccc1C. The van der Waals surface area contributed by atoms with Crippen LogP contribution in [-0.4, -0.2) is 48.7 Å². The lowest BCUT2D eigenvalue weighted by Crippen LogP contribution is -2.34. The number of hydrogen-bond acceptors (Lipinski definition) is 4. The van der Waals surface area contributed by atoms with E-state index in [1.54, 1.807) is 11.0 Å². The average Bonchev–Trinajstić information content (AvgIpc) is 2.47. The van der Waals surface area contributed by atoms with E-state index in [1.807, 2.05) is 25.1 Å². The fourth-order valence-corrected chi connectivity index (χ4v) is 1.89. The minimum absolute atomic E-state index is 0.00970. The predicted octanol–water partition coefficient (Wildman–Crippen LogP) is 1.38. The molecule has 0 bridgehead atoms. The lowest BCUT2D eigenvalue weighted by atomic mass is 10.1. The first-order valence-electron chi connectivity index (χ1n) is 6.62. The van der Waals surface area contributed by atoms with Gasteiger partial charge in [0.05, 0.1) is 13.5 Å². The Kier molecular flexibility index (Phi) is 6.73. The first-order chi connectivity index (χ1) is 9.60. The Hall–Kier alpha value is -1.88. The maximum atomic E-state index is 12.5. The van der Waals surface area contributed by atoms with Gasteiger partial charge in [-0.05, 0) is 25.0 Å². The number of hydrogen-bond donors (Lipinski definition) is 1. The summed E-state index contributed by atoms with van der Waals surface area (Å²) in [5, 5.41) is 8.92. The molecule has 0 aliphatic heterocycles. The zero-order chi connectivity index (χ0) is 15.0. The highest BCUT2D eigenvalue weighted by Crippen LogP contribution is 2.11. The molecule has 110 valence electrons. The van der Waals surface area contributed by atoms with Gasteiger partial charge in [-0.2, -0.15) is 0 Å². The van der Waals surface area contributed by atoms with Gasteiger partial charge < -0.3 is 14.7 Å². The van der Waals surface area contributed by atoms with Crippen molar-refractivity contribution in [2.24, 2.45) is 0 Å². The topological polar surface area (TPSA) is 66.8 Å². The third-order valence-corrected chi connectivity index (χ3v) is 3.06. The summed E-state index contributed by atoms with van der Waals surface area (Å²) < 4.78 is 4.59. The highest BCUT2D eigenvalue weighted by Gasteiger charge is 2.18. The molecule has 1 aromatic carbocycles. The Morgan fingerprint density at radius 3 is 2.55 bits per heavy atom. The van der Waals surface area contributed by atoms with Crippen molar-refractivity contribution < 1.29 is 19.4 Å². The van der Waals surface area contributed by atoms with Gasteiger partial charge >= 0.3 is 5.97 Å². The Labute approximate surface area is 119 Å². The molecule has 1 N–H and O–H groups in total. The number of rotatable bonds is 7. The van der Waals surface area contributed by atoms with Gasteiger partial charge in [0.15, 0.2) is 0 Å². The van der Waals surface area contributed by atoms with Crippen molar-refractivity contribution >= 4 is 11.9 Å². The van der Waals surface area contributed by atoms with E-state index >= 15 is 0 Å². The van der Waals surface area contributed by atoms with E-state index in [9.17, 15) is 9.59 Å². The minimum Gasteiger partial charge on any atom is -0.469 e. The molecule has 0 unspecified atom stereocenters. The monoisotopic (exact) mass is 279 g/mol. The lowest BCUT2D eigenvalue weighted by molar-refractivity contribution is -0.140. The van der Waals surface area contributed by atoms with Gasteiger partial charge in [0, 0.05) is 25.3 Å². The van der Waals surface area contributed by atoms with Crippen LogP contribution >= 0.6 is 0 Å². The number of amides is 1. The molecular formula is C15H21NO4. The van der Waals surface area contributed by atoms with E-state index in [1.165, 1.54) is 7.11 Å². The third-order valence-electron chi connectivity index (χ3n) is 3.06. The number of carbonyl (C=O) groups excluding carboxylic acids is 2. The number of carbonyl (C=O) groups is 2. The molecule has 5 nitrogen and oxygen atoms in total. The molecule has 0 saturated carbocycles. The van der Waals surface area contributed by atoms with Crippen LogP contribution in [0.1, 0.15) is 28.8 Å². The van der Waals surface area contributed by atoms with Gasteiger partial charge in [-0.15, -0.1) is 0 Å². The van der Waals surface area contributed by atoms with Crippen LogP contribution in [0.25, 0.3) is 0 Å². The third kappa shape index (κ3) is 4.66. The first-order valence-corrected chi connectivity index (χ1v) is 6.62. The summed E-state index contributed by atoms with van der Waals surface area (Å²) in [6.45, 7) is 2.59.